The lowest BCUT2D eigenvalue weighted by Gasteiger charge is -2.19. The Morgan fingerprint density at radius 2 is 1.75 bits per heavy atom. The Morgan fingerprint density at radius 1 is 1.05 bits per heavy atom. The molecule has 0 aromatic heterocycles. The van der Waals surface area contributed by atoms with Crippen molar-refractivity contribution in [2.24, 2.45) is 0 Å². The van der Waals surface area contributed by atoms with E-state index in [1.165, 1.54) is 6.92 Å². The van der Waals surface area contributed by atoms with Crippen LogP contribution in [0.4, 0.5) is 13.2 Å². The van der Waals surface area contributed by atoms with Gasteiger partial charge in [-0.05, 0) is 53.7 Å². The van der Waals surface area contributed by atoms with E-state index in [4.69, 9.17) is 0 Å². The molecule has 2 rings (SSSR count). The summed E-state index contributed by atoms with van der Waals surface area (Å²) in [6.45, 7) is 1.48. The summed E-state index contributed by atoms with van der Waals surface area (Å²) < 4.78 is 42.1. The minimum atomic E-state index is -0.761. The zero-order chi connectivity index (χ0) is 14.9. The van der Waals surface area contributed by atoms with Gasteiger partial charge in [-0.2, -0.15) is 0 Å². The third kappa shape index (κ3) is 2.74. The summed E-state index contributed by atoms with van der Waals surface area (Å²) in [5, 5.41) is 2.82. The molecule has 2 aromatic carbocycles. The normalized spacial score (nSPS) is 12.5. The Hall–Kier alpha value is -1.33. The first-order chi connectivity index (χ1) is 9.45. The predicted octanol–water partition coefficient (Wildman–Crippen LogP) is 4.48. The molecule has 1 unspecified atom stereocenters. The van der Waals surface area contributed by atoms with E-state index in [0.717, 1.165) is 12.1 Å². The minimum Gasteiger partial charge on any atom is -0.309 e. The van der Waals surface area contributed by atoms with Crippen molar-refractivity contribution in [1.29, 1.82) is 0 Å². The van der Waals surface area contributed by atoms with E-state index in [1.807, 2.05) is 0 Å². The molecule has 0 saturated carbocycles. The quantitative estimate of drug-likeness (QED) is 0.866. The first-order valence-electron chi connectivity index (χ1n) is 6.02. The van der Waals surface area contributed by atoms with Gasteiger partial charge in [-0.15, -0.1) is 0 Å². The van der Waals surface area contributed by atoms with Crippen LogP contribution >= 0.6 is 15.9 Å². The maximum atomic E-state index is 14.1. The molecule has 0 spiro atoms. The van der Waals surface area contributed by atoms with Gasteiger partial charge in [0.1, 0.15) is 17.5 Å². The molecular formula is C15H13BrF3N. The highest BCUT2D eigenvalue weighted by Crippen LogP contribution is 2.30. The molecule has 2 aromatic rings. The molecule has 20 heavy (non-hydrogen) atoms. The van der Waals surface area contributed by atoms with Crippen LogP contribution < -0.4 is 5.32 Å². The van der Waals surface area contributed by atoms with Crippen LogP contribution in [-0.4, -0.2) is 7.05 Å². The highest BCUT2D eigenvalue weighted by molar-refractivity contribution is 9.10. The average Bonchev–Trinajstić information content (AvgIpc) is 2.41. The molecule has 0 radical (unpaired) electrons. The summed E-state index contributed by atoms with van der Waals surface area (Å²) in [6.07, 6.45) is 0. The Morgan fingerprint density at radius 3 is 2.40 bits per heavy atom. The molecule has 0 aliphatic rings. The molecule has 1 nitrogen and oxygen atoms in total. The van der Waals surface area contributed by atoms with Crippen molar-refractivity contribution >= 4 is 15.9 Å². The molecule has 0 bridgehead atoms. The van der Waals surface area contributed by atoms with Gasteiger partial charge in [0.2, 0.25) is 0 Å². The van der Waals surface area contributed by atoms with Crippen molar-refractivity contribution in [3.63, 3.8) is 0 Å². The second kappa shape index (κ2) is 5.97. The summed E-state index contributed by atoms with van der Waals surface area (Å²) in [6, 6.07) is 6.20. The molecule has 1 atom stereocenters. The van der Waals surface area contributed by atoms with Crippen LogP contribution in [0.5, 0.6) is 0 Å². The van der Waals surface area contributed by atoms with Crippen LogP contribution in [0.15, 0.2) is 34.8 Å². The smallest absolute Gasteiger partial charge is 0.142 e. The van der Waals surface area contributed by atoms with Gasteiger partial charge >= 0.3 is 0 Å². The van der Waals surface area contributed by atoms with Crippen LogP contribution in [0, 0.1) is 24.4 Å². The van der Waals surface area contributed by atoms with Gasteiger partial charge < -0.3 is 5.32 Å². The van der Waals surface area contributed by atoms with E-state index in [2.05, 4.69) is 21.2 Å². The third-order valence-electron chi connectivity index (χ3n) is 3.17. The van der Waals surface area contributed by atoms with E-state index < -0.39 is 23.5 Å². The molecule has 0 aliphatic carbocycles. The van der Waals surface area contributed by atoms with Gasteiger partial charge in [0.15, 0.2) is 0 Å². The summed E-state index contributed by atoms with van der Waals surface area (Å²) in [7, 11) is 1.57. The van der Waals surface area contributed by atoms with E-state index in [1.54, 1.807) is 25.2 Å². The highest BCUT2D eigenvalue weighted by Gasteiger charge is 2.22. The maximum absolute atomic E-state index is 14.1. The summed E-state index contributed by atoms with van der Waals surface area (Å²) >= 11 is 3.09. The molecule has 0 fully saturated rings. The average molecular weight is 344 g/mol. The number of aryl methyl sites for hydroxylation is 1. The molecule has 0 saturated heterocycles. The standard InChI is InChI=1S/C15H13BrF3N/c1-8-6-13(18)10(7-12(8)17)15(20-2)9-4-3-5-11(16)14(9)19/h3-7,15,20H,1-2H3. The maximum Gasteiger partial charge on any atom is 0.142 e. The van der Waals surface area contributed by atoms with Gasteiger partial charge in [-0.1, -0.05) is 12.1 Å². The SMILES string of the molecule is CNC(c1cc(F)c(C)cc1F)c1cccc(Br)c1F. The fourth-order valence-corrected chi connectivity index (χ4v) is 2.49. The van der Waals surface area contributed by atoms with Gasteiger partial charge in [-0.25, -0.2) is 13.2 Å². The molecule has 1 N–H and O–H groups in total. The van der Waals surface area contributed by atoms with Crippen molar-refractivity contribution < 1.29 is 13.2 Å². The lowest BCUT2D eigenvalue weighted by Crippen LogP contribution is -2.20. The number of benzene rings is 2. The van der Waals surface area contributed by atoms with Crippen molar-refractivity contribution in [1.82, 2.24) is 5.32 Å². The number of rotatable bonds is 3. The van der Waals surface area contributed by atoms with Crippen LogP contribution in [-0.2, 0) is 0 Å². The molecule has 0 heterocycles. The first-order valence-corrected chi connectivity index (χ1v) is 6.81. The van der Waals surface area contributed by atoms with Gasteiger partial charge in [0.25, 0.3) is 0 Å². The Bertz CT molecular complexity index is 643. The van der Waals surface area contributed by atoms with E-state index in [0.29, 0.717) is 0 Å². The monoisotopic (exact) mass is 343 g/mol. The fraction of sp³-hybridized carbons (Fsp3) is 0.200. The zero-order valence-corrected chi connectivity index (χ0v) is 12.6. The second-order valence-corrected chi connectivity index (χ2v) is 5.34. The number of nitrogens with one attached hydrogen (secondary N) is 1. The summed E-state index contributed by atoms with van der Waals surface area (Å²) in [5.41, 5.74) is 0.549. The number of hydrogen-bond donors (Lipinski definition) is 1. The van der Waals surface area contributed by atoms with Crippen LogP contribution in [0.1, 0.15) is 22.7 Å². The van der Waals surface area contributed by atoms with Crippen LogP contribution in [0.3, 0.4) is 0 Å². The zero-order valence-electron chi connectivity index (χ0n) is 11.0. The molecule has 5 heteroatoms. The van der Waals surface area contributed by atoms with Crippen LogP contribution in [0.25, 0.3) is 0 Å². The van der Waals surface area contributed by atoms with Gasteiger partial charge in [0.05, 0.1) is 10.5 Å². The topological polar surface area (TPSA) is 12.0 Å². The molecular weight excluding hydrogens is 331 g/mol. The Kier molecular flexibility index (Phi) is 4.50. The third-order valence-corrected chi connectivity index (χ3v) is 3.78. The predicted molar refractivity (Wildman–Crippen MR) is 76.1 cm³/mol. The molecule has 106 valence electrons. The van der Waals surface area contributed by atoms with E-state index in [-0.39, 0.29) is 21.2 Å². The fourth-order valence-electron chi connectivity index (χ4n) is 2.10. The summed E-state index contributed by atoms with van der Waals surface area (Å²) in [4.78, 5) is 0. The van der Waals surface area contributed by atoms with Gasteiger partial charge in [0, 0.05) is 11.1 Å². The molecule has 0 amide bonds. The van der Waals surface area contributed by atoms with Crippen molar-refractivity contribution in [2.75, 3.05) is 7.05 Å². The van der Waals surface area contributed by atoms with Crippen molar-refractivity contribution in [2.45, 2.75) is 13.0 Å². The first kappa shape index (κ1) is 15.1. The minimum absolute atomic E-state index is 0.0765. The Balaban J connectivity index is 2.58. The lowest BCUT2D eigenvalue weighted by atomic mass is 9.96. The molecule has 0 aliphatic heterocycles. The van der Waals surface area contributed by atoms with E-state index in [9.17, 15) is 13.2 Å². The summed E-state index contributed by atoms with van der Waals surface area (Å²) in [5.74, 6) is -1.58. The van der Waals surface area contributed by atoms with Crippen LogP contribution in [0.2, 0.25) is 0 Å². The van der Waals surface area contributed by atoms with Crippen molar-refractivity contribution in [3.05, 3.63) is 68.9 Å². The number of halogens is 4. The number of hydrogen-bond acceptors (Lipinski definition) is 1. The van der Waals surface area contributed by atoms with Gasteiger partial charge in [-0.3, -0.25) is 0 Å². The highest BCUT2D eigenvalue weighted by atomic mass is 79.9. The lowest BCUT2D eigenvalue weighted by molar-refractivity contribution is 0.533. The van der Waals surface area contributed by atoms with Crippen molar-refractivity contribution in [3.8, 4) is 0 Å². The van der Waals surface area contributed by atoms with E-state index >= 15 is 0 Å². The second-order valence-electron chi connectivity index (χ2n) is 4.49. The Labute approximate surface area is 123 Å². The largest absolute Gasteiger partial charge is 0.309 e.